The van der Waals surface area contributed by atoms with Crippen molar-refractivity contribution < 1.29 is 14.7 Å². The van der Waals surface area contributed by atoms with Gasteiger partial charge in [-0.25, -0.2) is 0 Å². The van der Waals surface area contributed by atoms with E-state index >= 15 is 0 Å². The Balaban J connectivity index is 4.45. The maximum absolute atomic E-state index is 10.9. The van der Waals surface area contributed by atoms with Gasteiger partial charge >= 0.3 is 5.97 Å². The Morgan fingerprint density at radius 3 is 2.20 bits per heavy atom. The second kappa shape index (κ2) is 6.43. The van der Waals surface area contributed by atoms with E-state index in [2.05, 4.69) is 19.2 Å². The zero-order valence-electron chi connectivity index (χ0n) is 9.91. The first kappa shape index (κ1) is 13.9. The lowest BCUT2D eigenvalue weighted by Crippen LogP contribution is -2.41. The van der Waals surface area contributed by atoms with Gasteiger partial charge in [-0.05, 0) is 11.8 Å². The smallest absolute Gasteiger partial charge is 0.305 e. The van der Waals surface area contributed by atoms with Crippen molar-refractivity contribution in [1.82, 2.24) is 5.32 Å². The third-order valence-corrected chi connectivity index (χ3v) is 2.96. The van der Waals surface area contributed by atoms with Crippen LogP contribution in [0.1, 0.15) is 40.5 Å². The first-order chi connectivity index (χ1) is 6.88. The van der Waals surface area contributed by atoms with Gasteiger partial charge in [0.25, 0.3) is 0 Å². The molecule has 4 heteroatoms. The predicted molar refractivity (Wildman–Crippen MR) is 58.5 cm³/mol. The molecule has 0 aliphatic carbocycles. The van der Waals surface area contributed by atoms with Gasteiger partial charge in [0, 0.05) is 13.0 Å². The average molecular weight is 215 g/mol. The third-order valence-electron chi connectivity index (χ3n) is 2.96. The SMILES string of the molecule is CC[C@@H](C)[C@@H](C)[C@@H](CC(=O)O)NC(C)=O. The Morgan fingerprint density at radius 1 is 1.33 bits per heavy atom. The summed E-state index contributed by atoms with van der Waals surface area (Å²) >= 11 is 0. The van der Waals surface area contributed by atoms with Gasteiger partial charge in [-0.15, -0.1) is 0 Å². The standard InChI is InChI=1S/C11H21NO3/c1-5-7(2)8(3)10(6-11(14)15)12-9(4)13/h7-8,10H,5-6H2,1-4H3,(H,12,13)(H,14,15)/t7-,8-,10-/m1/s1. The molecule has 0 bridgehead atoms. The summed E-state index contributed by atoms with van der Waals surface area (Å²) in [6.07, 6.45) is 0.974. The van der Waals surface area contributed by atoms with Gasteiger partial charge in [-0.3, -0.25) is 9.59 Å². The zero-order valence-corrected chi connectivity index (χ0v) is 9.91. The van der Waals surface area contributed by atoms with Gasteiger partial charge in [0.2, 0.25) is 5.91 Å². The molecule has 88 valence electrons. The first-order valence-electron chi connectivity index (χ1n) is 5.37. The number of nitrogens with one attached hydrogen (secondary N) is 1. The van der Waals surface area contributed by atoms with Gasteiger partial charge in [0.1, 0.15) is 0 Å². The average Bonchev–Trinajstić information content (AvgIpc) is 2.13. The molecule has 0 aromatic carbocycles. The van der Waals surface area contributed by atoms with Crippen molar-refractivity contribution >= 4 is 11.9 Å². The molecule has 15 heavy (non-hydrogen) atoms. The molecule has 0 aliphatic heterocycles. The molecule has 3 atom stereocenters. The van der Waals surface area contributed by atoms with E-state index in [9.17, 15) is 9.59 Å². The predicted octanol–water partition coefficient (Wildman–Crippen LogP) is 1.65. The highest BCUT2D eigenvalue weighted by Gasteiger charge is 2.24. The van der Waals surface area contributed by atoms with Crippen LogP contribution in [0.5, 0.6) is 0 Å². The molecule has 0 radical (unpaired) electrons. The number of hydrogen-bond donors (Lipinski definition) is 2. The highest BCUT2D eigenvalue weighted by molar-refractivity contribution is 5.75. The third kappa shape index (κ3) is 5.40. The van der Waals surface area contributed by atoms with Crippen molar-refractivity contribution in [3.05, 3.63) is 0 Å². The van der Waals surface area contributed by atoms with E-state index in [1.165, 1.54) is 6.92 Å². The van der Waals surface area contributed by atoms with Gasteiger partial charge in [0.05, 0.1) is 6.42 Å². The minimum Gasteiger partial charge on any atom is -0.481 e. The number of rotatable bonds is 6. The maximum Gasteiger partial charge on any atom is 0.305 e. The number of aliphatic carboxylic acids is 1. The fourth-order valence-electron chi connectivity index (χ4n) is 1.59. The quantitative estimate of drug-likeness (QED) is 0.708. The number of carbonyl (C=O) groups excluding carboxylic acids is 1. The Labute approximate surface area is 91.1 Å². The van der Waals surface area contributed by atoms with Crippen molar-refractivity contribution in [1.29, 1.82) is 0 Å². The van der Waals surface area contributed by atoms with Crippen LogP contribution in [0.15, 0.2) is 0 Å². The Hall–Kier alpha value is -1.06. The second-order valence-corrected chi connectivity index (χ2v) is 4.15. The number of carboxylic acids is 1. The fraction of sp³-hybridized carbons (Fsp3) is 0.818. The van der Waals surface area contributed by atoms with Crippen LogP contribution >= 0.6 is 0 Å². The summed E-state index contributed by atoms with van der Waals surface area (Å²) in [5.41, 5.74) is 0. The van der Waals surface area contributed by atoms with Crippen LogP contribution in [0.25, 0.3) is 0 Å². The molecule has 0 aliphatic rings. The summed E-state index contributed by atoms with van der Waals surface area (Å²) < 4.78 is 0. The molecule has 0 heterocycles. The largest absolute Gasteiger partial charge is 0.481 e. The van der Waals surface area contributed by atoms with E-state index in [4.69, 9.17) is 5.11 Å². The Morgan fingerprint density at radius 2 is 1.87 bits per heavy atom. The lowest BCUT2D eigenvalue weighted by atomic mass is 9.85. The van der Waals surface area contributed by atoms with E-state index in [-0.39, 0.29) is 24.3 Å². The van der Waals surface area contributed by atoms with Crippen molar-refractivity contribution in [2.75, 3.05) is 0 Å². The van der Waals surface area contributed by atoms with E-state index in [0.717, 1.165) is 6.42 Å². The highest BCUT2D eigenvalue weighted by atomic mass is 16.4. The summed E-state index contributed by atoms with van der Waals surface area (Å²) in [6, 6.07) is -0.269. The minimum absolute atomic E-state index is 0.00884. The summed E-state index contributed by atoms with van der Waals surface area (Å²) in [6.45, 7) is 7.53. The van der Waals surface area contributed by atoms with Gasteiger partial charge < -0.3 is 10.4 Å². The maximum atomic E-state index is 10.9. The lowest BCUT2D eigenvalue weighted by molar-refractivity contribution is -0.138. The summed E-state index contributed by atoms with van der Waals surface area (Å²) in [4.78, 5) is 21.6. The van der Waals surface area contributed by atoms with Gasteiger partial charge in [0.15, 0.2) is 0 Å². The van der Waals surface area contributed by atoms with Crippen LogP contribution in [0, 0.1) is 11.8 Å². The molecule has 0 unspecified atom stereocenters. The molecule has 0 saturated carbocycles. The normalized spacial score (nSPS) is 16.5. The van der Waals surface area contributed by atoms with Crippen molar-refractivity contribution in [3.8, 4) is 0 Å². The van der Waals surface area contributed by atoms with Crippen LogP contribution < -0.4 is 5.32 Å². The van der Waals surface area contributed by atoms with E-state index in [1.54, 1.807) is 0 Å². The summed E-state index contributed by atoms with van der Waals surface area (Å²) in [5.74, 6) is -0.462. The molecule has 1 amide bonds. The number of carboxylic acid groups (broad SMARTS) is 1. The highest BCUT2D eigenvalue weighted by Crippen LogP contribution is 2.20. The minimum atomic E-state index is -0.871. The molecule has 0 fully saturated rings. The Bertz CT molecular complexity index is 212. The molecule has 0 aromatic rings. The van der Waals surface area contributed by atoms with Crippen LogP contribution in [-0.2, 0) is 9.59 Å². The summed E-state index contributed by atoms with van der Waals surface area (Å²) in [5, 5.41) is 11.5. The van der Waals surface area contributed by atoms with Crippen molar-refractivity contribution in [3.63, 3.8) is 0 Å². The molecule has 0 rings (SSSR count). The van der Waals surface area contributed by atoms with E-state index in [1.807, 2.05) is 6.92 Å². The Kier molecular flexibility index (Phi) is 5.97. The lowest BCUT2D eigenvalue weighted by Gasteiger charge is -2.27. The molecule has 2 N–H and O–H groups in total. The topological polar surface area (TPSA) is 66.4 Å². The molecule has 4 nitrogen and oxygen atoms in total. The molecule has 0 spiro atoms. The van der Waals surface area contributed by atoms with Crippen LogP contribution in [0.2, 0.25) is 0 Å². The molecular formula is C11H21NO3. The van der Waals surface area contributed by atoms with E-state index < -0.39 is 5.97 Å². The second-order valence-electron chi connectivity index (χ2n) is 4.15. The molecule has 0 saturated heterocycles. The number of carbonyl (C=O) groups is 2. The van der Waals surface area contributed by atoms with Crippen LogP contribution in [0.4, 0.5) is 0 Å². The van der Waals surface area contributed by atoms with Crippen LogP contribution in [0.3, 0.4) is 0 Å². The van der Waals surface area contributed by atoms with Crippen LogP contribution in [-0.4, -0.2) is 23.0 Å². The summed E-state index contributed by atoms with van der Waals surface area (Å²) in [7, 11) is 0. The van der Waals surface area contributed by atoms with Crippen molar-refractivity contribution in [2.24, 2.45) is 11.8 Å². The number of hydrogen-bond acceptors (Lipinski definition) is 2. The van der Waals surface area contributed by atoms with E-state index in [0.29, 0.717) is 5.92 Å². The monoisotopic (exact) mass is 215 g/mol. The zero-order chi connectivity index (χ0) is 12.0. The fourth-order valence-corrected chi connectivity index (χ4v) is 1.59. The first-order valence-corrected chi connectivity index (χ1v) is 5.37. The van der Waals surface area contributed by atoms with Gasteiger partial charge in [-0.2, -0.15) is 0 Å². The van der Waals surface area contributed by atoms with Gasteiger partial charge in [-0.1, -0.05) is 27.2 Å². The number of amides is 1. The molecule has 0 aromatic heterocycles. The molecular weight excluding hydrogens is 194 g/mol. The van der Waals surface area contributed by atoms with Crippen molar-refractivity contribution in [2.45, 2.75) is 46.6 Å².